The molecule has 1 saturated carbocycles. The van der Waals surface area contributed by atoms with Gasteiger partial charge in [-0.05, 0) is 30.4 Å². The minimum atomic E-state index is 0.353. The van der Waals surface area contributed by atoms with E-state index in [4.69, 9.17) is 5.11 Å². The van der Waals surface area contributed by atoms with Crippen LogP contribution in [0.2, 0.25) is 0 Å². The molecular weight excluding hydrogens is 182 g/mol. The summed E-state index contributed by atoms with van der Waals surface area (Å²) in [6.07, 6.45) is 3.60. The van der Waals surface area contributed by atoms with Gasteiger partial charge in [-0.3, -0.25) is 0 Å². The first-order valence-electron chi connectivity index (χ1n) is 5.22. The van der Waals surface area contributed by atoms with Crippen LogP contribution in [-0.4, -0.2) is 36.3 Å². The Morgan fingerprint density at radius 3 is 2.77 bits per heavy atom. The topological polar surface area (TPSA) is 32.3 Å². The number of thioether (sulfide) groups is 1. The molecule has 1 fully saturated rings. The van der Waals surface area contributed by atoms with Gasteiger partial charge in [-0.15, -0.1) is 0 Å². The van der Waals surface area contributed by atoms with Gasteiger partial charge in [0.05, 0.1) is 0 Å². The molecule has 0 aromatic rings. The lowest BCUT2D eigenvalue weighted by Crippen LogP contribution is -2.26. The largest absolute Gasteiger partial charge is 0.396 e. The van der Waals surface area contributed by atoms with Crippen LogP contribution in [0.3, 0.4) is 0 Å². The molecule has 0 spiro atoms. The minimum Gasteiger partial charge on any atom is -0.396 e. The average Bonchev–Trinajstić information content (AvgIpc) is 2.86. The standard InChI is InChI=1S/C10H21NOS/c1-2-13-8-6-11-9-10(3-4-10)5-7-12/h11-12H,2-9H2,1H3. The van der Waals surface area contributed by atoms with Crippen LogP contribution in [0.4, 0.5) is 0 Å². The van der Waals surface area contributed by atoms with E-state index in [9.17, 15) is 0 Å². The highest BCUT2D eigenvalue weighted by Gasteiger charge is 2.40. The molecule has 0 atom stereocenters. The summed E-state index contributed by atoms with van der Waals surface area (Å²) >= 11 is 1.98. The number of nitrogens with one attached hydrogen (secondary N) is 1. The molecule has 1 rings (SSSR count). The molecule has 0 aromatic heterocycles. The number of hydrogen-bond donors (Lipinski definition) is 2. The summed E-state index contributed by atoms with van der Waals surface area (Å²) < 4.78 is 0. The van der Waals surface area contributed by atoms with E-state index in [-0.39, 0.29) is 0 Å². The van der Waals surface area contributed by atoms with Gasteiger partial charge in [0.25, 0.3) is 0 Å². The summed E-state index contributed by atoms with van der Waals surface area (Å²) in [6.45, 7) is 4.77. The average molecular weight is 203 g/mol. The molecule has 3 heteroatoms. The number of aliphatic hydroxyl groups is 1. The first-order chi connectivity index (χ1) is 6.33. The maximum Gasteiger partial charge on any atom is 0.0436 e. The van der Waals surface area contributed by atoms with Crippen molar-refractivity contribution in [2.75, 3.05) is 31.2 Å². The van der Waals surface area contributed by atoms with E-state index in [0.717, 1.165) is 19.5 Å². The monoisotopic (exact) mass is 203 g/mol. The maximum absolute atomic E-state index is 8.85. The Morgan fingerprint density at radius 1 is 1.46 bits per heavy atom. The Labute approximate surface area is 85.5 Å². The number of hydrogen-bond acceptors (Lipinski definition) is 3. The van der Waals surface area contributed by atoms with Crippen molar-refractivity contribution in [2.45, 2.75) is 26.2 Å². The predicted molar refractivity (Wildman–Crippen MR) is 59.2 cm³/mol. The lowest BCUT2D eigenvalue weighted by atomic mass is 10.0. The molecule has 0 aliphatic heterocycles. The van der Waals surface area contributed by atoms with Crippen molar-refractivity contribution in [3.05, 3.63) is 0 Å². The van der Waals surface area contributed by atoms with Crippen LogP contribution in [0.5, 0.6) is 0 Å². The molecule has 1 aliphatic carbocycles. The van der Waals surface area contributed by atoms with Gasteiger partial charge < -0.3 is 10.4 Å². The second-order valence-electron chi connectivity index (χ2n) is 3.85. The summed E-state index contributed by atoms with van der Waals surface area (Å²) in [5.41, 5.74) is 0.478. The van der Waals surface area contributed by atoms with Crippen LogP contribution in [0, 0.1) is 5.41 Å². The van der Waals surface area contributed by atoms with Crippen molar-refractivity contribution in [1.82, 2.24) is 5.32 Å². The molecule has 0 unspecified atom stereocenters. The zero-order valence-electron chi connectivity index (χ0n) is 8.51. The summed E-state index contributed by atoms with van der Waals surface area (Å²) in [4.78, 5) is 0. The Bertz CT molecular complexity index is 137. The third-order valence-corrected chi connectivity index (χ3v) is 3.63. The minimum absolute atomic E-state index is 0.353. The van der Waals surface area contributed by atoms with Crippen molar-refractivity contribution in [3.8, 4) is 0 Å². The van der Waals surface area contributed by atoms with E-state index in [1.165, 1.54) is 24.3 Å². The zero-order chi connectivity index (χ0) is 9.57. The van der Waals surface area contributed by atoms with E-state index < -0.39 is 0 Å². The van der Waals surface area contributed by atoms with E-state index >= 15 is 0 Å². The summed E-state index contributed by atoms with van der Waals surface area (Å²) in [5, 5.41) is 12.3. The Kier molecular flexibility index (Phi) is 5.14. The van der Waals surface area contributed by atoms with Gasteiger partial charge in [-0.25, -0.2) is 0 Å². The Hall–Kier alpha value is 0.270. The van der Waals surface area contributed by atoms with Crippen LogP contribution in [0.25, 0.3) is 0 Å². The molecule has 1 aliphatic rings. The normalized spacial score (nSPS) is 18.9. The molecule has 0 aromatic carbocycles. The van der Waals surface area contributed by atoms with E-state index in [0.29, 0.717) is 12.0 Å². The van der Waals surface area contributed by atoms with Crippen molar-refractivity contribution in [2.24, 2.45) is 5.41 Å². The van der Waals surface area contributed by atoms with Crippen molar-refractivity contribution >= 4 is 11.8 Å². The zero-order valence-corrected chi connectivity index (χ0v) is 9.33. The molecule has 2 nitrogen and oxygen atoms in total. The van der Waals surface area contributed by atoms with Gasteiger partial charge in [-0.1, -0.05) is 6.92 Å². The van der Waals surface area contributed by atoms with Crippen LogP contribution in [0.15, 0.2) is 0 Å². The van der Waals surface area contributed by atoms with Crippen LogP contribution < -0.4 is 5.32 Å². The summed E-state index contributed by atoms with van der Waals surface area (Å²) in [5.74, 6) is 2.43. The highest BCUT2D eigenvalue weighted by molar-refractivity contribution is 7.99. The van der Waals surface area contributed by atoms with Crippen molar-refractivity contribution < 1.29 is 5.11 Å². The molecule has 0 radical (unpaired) electrons. The van der Waals surface area contributed by atoms with E-state index in [2.05, 4.69) is 12.2 Å². The maximum atomic E-state index is 8.85. The lowest BCUT2D eigenvalue weighted by molar-refractivity contribution is 0.246. The fraction of sp³-hybridized carbons (Fsp3) is 1.00. The third kappa shape index (κ3) is 4.34. The fourth-order valence-electron chi connectivity index (χ4n) is 1.57. The summed E-state index contributed by atoms with van der Waals surface area (Å²) in [7, 11) is 0. The molecule has 78 valence electrons. The number of aliphatic hydroxyl groups excluding tert-OH is 1. The second kappa shape index (κ2) is 5.89. The SMILES string of the molecule is CCSCCNCC1(CCO)CC1. The molecule has 0 heterocycles. The van der Waals surface area contributed by atoms with Crippen molar-refractivity contribution in [3.63, 3.8) is 0 Å². The third-order valence-electron chi connectivity index (χ3n) is 2.73. The molecule has 0 amide bonds. The Morgan fingerprint density at radius 2 is 2.23 bits per heavy atom. The van der Waals surface area contributed by atoms with Crippen LogP contribution in [0.1, 0.15) is 26.2 Å². The van der Waals surface area contributed by atoms with Gasteiger partial charge in [0.15, 0.2) is 0 Å². The number of rotatable bonds is 8. The first-order valence-corrected chi connectivity index (χ1v) is 6.38. The predicted octanol–water partition coefficient (Wildman–Crippen LogP) is 1.49. The molecule has 2 N–H and O–H groups in total. The van der Waals surface area contributed by atoms with Crippen LogP contribution in [-0.2, 0) is 0 Å². The van der Waals surface area contributed by atoms with Gasteiger partial charge in [0, 0.05) is 25.4 Å². The second-order valence-corrected chi connectivity index (χ2v) is 5.24. The van der Waals surface area contributed by atoms with Gasteiger partial charge >= 0.3 is 0 Å². The Balaban J connectivity index is 1.93. The van der Waals surface area contributed by atoms with Gasteiger partial charge in [-0.2, -0.15) is 11.8 Å². The molecule has 0 saturated heterocycles. The lowest BCUT2D eigenvalue weighted by Gasteiger charge is -2.13. The molecule has 0 bridgehead atoms. The van der Waals surface area contributed by atoms with Crippen molar-refractivity contribution in [1.29, 1.82) is 0 Å². The molecule has 13 heavy (non-hydrogen) atoms. The van der Waals surface area contributed by atoms with Crippen LogP contribution >= 0.6 is 11.8 Å². The van der Waals surface area contributed by atoms with Gasteiger partial charge in [0.2, 0.25) is 0 Å². The fourth-order valence-corrected chi connectivity index (χ4v) is 2.15. The first kappa shape index (κ1) is 11.3. The highest BCUT2D eigenvalue weighted by Crippen LogP contribution is 2.47. The summed E-state index contributed by atoms with van der Waals surface area (Å²) in [6, 6.07) is 0. The highest BCUT2D eigenvalue weighted by atomic mass is 32.2. The van der Waals surface area contributed by atoms with E-state index in [1.807, 2.05) is 11.8 Å². The molecular formula is C10H21NOS. The van der Waals surface area contributed by atoms with Gasteiger partial charge in [0.1, 0.15) is 0 Å². The van der Waals surface area contributed by atoms with E-state index in [1.54, 1.807) is 0 Å². The smallest absolute Gasteiger partial charge is 0.0436 e. The quantitative estimate of drug-likeness (QED) is 0.586.